The van der Waals surface area contributed by atoms with Gasteiger partial charge in [-0.3, -0.25) is 4.79 Å². The van der Waals surface area contributed by atoms with Gasteiger partial charge in [-0.15, -0.1) is 0 Å². The lowest BCUT2D eigenvalue weighted by Gasteiger charge is -2.38. The van der Waals surface area contributed by atoms with E-state index < -0.39 is 0 Å². The molecule has 2 N–H and O–H groups in total. The average Bonchev–Trinajstić information content (AvgIpc) is 2.14. The highest BCUT2D eigenvalue weighted by Crippen LogP contribution is 2.04. The number of nitrogens with zero attached hydrogens (tertiary/aromatic N) is 1. The summed E-state index contributed by atoms with van der Waals surface area (Å²) in [6.45, 7) is 6.53. The molecule has 0 saturated carbocycles. The van der Waals surface area contributed by atoms with E-state index in [9.17, 15) is 4.79 Å². The minimum atomic E-state index is 0.755. The Kier molecular flexibility index (Phi) is 4.18. The molecule has 4 heteroatoms. The number of nitrogens with one attached hydrogen (secondary N) is 2. The predicted molar refractivity (Wildman–Crippen MR) is 52.0 cm³/mol. The van der Waals surface area contributed by atoms with Crippen LogP contribution in [-0.4, -0.2) is 57.2 Å². The van der Waals surface area contributed by atoms with E-state index in [1.165, 1.54) is 13.1 Å². The third-order valence-corrected chi connectivity index (χ3v) is 2.73. The molecule has 0 aromatic carbocycles. The van der Waals surface area contributed by atoms with Crippen LogP contribution in [0.5, 0.6) is 0 Å². The molecule has 0 aliphatic carbocycles. The molecule has 0 spiro atoms. The number of hydrogen-bond donors (Lipinski definition) is 2. The fraction of sp³-hybridized carbons (Fsp3) is 0.889. The third-order valence-electron chi connectivity index (χ3n) is 2.73. The molecule has 1 radical (unpaired) electrons. The van der Waals surface area contributed by atoms with Gasteiger partial charge in [-0.2, -0.15) is 0 Å². The van der Waals surface area contributed by atoms with Crippen molar-refractivity contribution in [3.63, 3.8) is 0 Å². The molecule has 1 aliphatic heterocycles. The van der Waals surface area contributed by atoms with Gasteiger partial charge in [0.1, 0.15) is 0 Å². The number of hydrogen-bond acceptors (Lipinski definition) is 2. The highest BCUT2D eigenvalue weighted by Gasteiger charge is 2.23. The molecular formula is C9H19N3O+. The largest absolute Gasteiger partial charge is 0.348 e. The fourth-order valence-electron chi connectivity index (χ4n) is 1.76. The zero-order chi connectivity index (χ0) is 9.57. The summed E-state index contributed by atoms with van der Waals surface area (Å²) < 4.78 is 1.13. The Morgan fingerprint density at radius 3 is 2.77 bits per heavy atom. The van der Waals surface area contributed by atoms with Crippen molar-refractivity contribution in [1.29, 1.82) is 0 Å². The summed E-state index contributed by atoms with van der Waals surface area (Å²) in [5, 5.41) is 5.92. The minimum Gasteiger partial charge on any atom is -0.348 e. The van der Waals surface area contributed by atoms with Crippen LogP contribution in [0.25, 0.3) is 0 Å². The number of quaternary nitrogens is 1. The van der Waals surface area contributed by atoms with Crippen molar-refractivity contribution in [3.8, 4) is 0 Å². The Balaban J connectivity index is 2.13. The smallest absolute Gasteiger partial charge is 0.309 e. The van der Waals surface area contributed by atoms with Crippen molar-refractivity contribution in [3.05, 3.63) is 0 Å². The first-order valence-corrected chi connectivity index (χ1v) is 4.91. The summed E-state index contributed by atoms with van der Waals surface area (Å²) in [5.41, 5.74) is 0. The first kappa shape index (κ1) is 10.5. The van der Waals surface area contributed by atoms with Crippen molar-refractivity contribution in [2.24, 2.45) is 0 Å². The maximum absolute atomic E-state index is 9.88. The van der Waals surface area contributed by atoms with Gasteiger partial charge in [0.15, 0.2) is 0 Å². The van der Waals surface area contributed by atoms with E-state index in [1.54, 1.807) is 6.41 Å². The lowest BCUT2D eigenvalue weighted by atomic mass is 10.2. The molecule has 0 unspecified atom stereocenters. The number of rotatable bonds is 5. The van der Waals surface area contributed by atoms with Crippen LogP contribution in [0.15, 0.2) is 0 Å². The topological polar surface area (TPSA) is 41.1 Å². The molecular weight excluding hydrogens is 166 g/mol. The molecule has 1 amide bonds. The summed E-state index contributed by atoms with van der Waals surface area (Å²) in [6.07, 6.45) is 2.75. The Bertz CT molecular complexity index is 155. The molecule has 1 aliphatic rings. The van der Waals surface area contributed by atoms with Crippen molar-refractivity contribution < 1.29 is 9.28 Å². The van der Waals surface area contributed by atoms with Gasteiger partial charge in [0.2, 0.25) is 0 Å². The van der Waals surface area contributed by atoms with Crippen molar-refractivity contribution in [1.82, 2.24) is 10.6 Å². The summed E-state index contributed by atoms with van der Waals surface area (Å²) in [7, 11) is 2.28. The van der Waals surface area contributed by atoms with Crippen LogP contribution in [0.2, 0.25) is 0 Å². The second-order valence-corrected chi connectivity index (χ2v) is 3.92. The monoisotopic (exact) mass is 185 g/mol. The van der Waals surface area contributed by atoms with Crippen LogP contribution >= 0.6 is 0 Å². The molecule has 0 aromatic heterocycles. The summed E-state index contributed by atoms with van der Waals surface area (Å²) in [5.74, 6) is 0. The third kappa shape index (κ3) is 3.74. The lowest BCUT2D eigenvalue weighted by Crippen LogP contribution is -2.56. The van der Waals surface area contributed by atoms with Gasteiger partial charge in [0.25, 0.3) is 0 Å². The van der Waals surface area contributed by atoms with Crippen LogP contribution in [-0.2, 0) is 4.79 Å². The summed E-state index contributed by atoms with van der Waals surface area (Å²) >= 11 is 0. The van der Waals surface area contributed by atoms with Crippen LogP contribution < -0.4 is 10.6 Å². The van der Waals surface area contributed by atoms with Gasteiger partial charge >= 0.3 is 6.41 Å². The van der Waals surface area contributed by atoms with Gasteiger partial charge < -0.3 is 15.1 Å². The normalized spacial score (nSPS) is 21.0. The zero-order valence-corrected chi connectivity index (χ0v) is 8.31. The first-order valence-electron chi connectivity index (χ1n) is 4.91. The van der Waals surface area contributed by atoms with Gasteiger partial charge in [0.05, 0.1) is 26.7 Å². The van der Waals surface area contributed by atoms with E-state index in [1.807, 2.05) is 0 Å². The molecule has 1 rings (SSSR count). The fourth-order valence-corrected chi connectivity index (χ4v) is 1.76. The maximum atomic E-state index is 9.88. The van der Waals surface area contributed by atoms with Gasteiger partial charge in [-0.05, 0) is 0 Å². The summed E-state index contributed by atoms with van der Waals surface area (Å²) in [6, 6.07) is 0. The predicted octanol–water partition coefficient (Wildman–Crippen LogP) is -0.917. The Morgan fingerprint density at radius 2 is 2.15 bits per heavy atom. The minimum absolute atomic E-state index is 0.755. The molecule has 13 heavy (non-hydrogen) atoms. The number of carbonyl (C=O) groups excluding carboxylic acids is 1. The highest BCUT2D eigenvalue weighted by molar-refractivity contribution is 5.46. The molecule has 0 aromatic rings. The van der Waals surface area contributed by atoms with Gasteiger partial charge in [-0.1, -0.05) is 0 Å². The number of likely N-dealkylation sites (N-methyl/N-ethyl adjacent to an activating group) is 1. The Hall–Kier alpha value is -0.610. The molecule has 1 fully saturated rings. The summed E-state index contributed by atoms with van der Waals surface area (Å²) in [4.78, 5) is 9.88. The second-order valence-electron chi connectivity index (χ2n) is 3.92. The number of piperazine rings is 1. The van der Waals surface area contributed by atoms with Crippen molar-refractivity contribution >= 4 is 6.41 Å². The van der Waals surface area contributed by atoms with E-state index in [0.717, 1.165) is 37.1 Å². The number of amides is 1. The van der Waals surface area contributed by atoms with Gasteiger partial charge in [-0.25, -0.2) is 0 Å². The highest BCUT2D eigenvalue weighted by atomic mass is 16.1. The van der Waals surface area contributed by atoms with Crippen molar-refractivity contribution in [2.45, 2.75) is 6.42 Å². The molecule has 4 nitrogen and oxygen atoms in total. The van der Waals surface area contributed by atoms with Crippen LogP contribution in [0.3, 0.4) is 0 Å². The quantitative estimate of drug-likeness (QED) is 0.330. The van der Waals surface area contributed by atoms with Gasteiger partial charge in [0, 0.05) is 26.1 Å². The molecule has 75 valence electrons. The van der Waals surface area contributed by atoms with Crippen LogP contribution in [0, 0.1) is 0 Å². The van der Waals surface area contributed by atoms with E-state index in [2.05, 4.69) is 17.7 Å². The van der Waals surface area contributed by atoms with E-state index in [0.29, 0.717) is 0 Å². The van der Waals surface area contributed by atoms with Crippen LogP contribution in [0.4, 0.5) is 0 Å². The maximum Gasteiger partial charge on any atom is 0.309 e. The van der Waals surface area contributed by atoms with E-state index in [-0.39, 0.29) is 0 Å². The first-order chi connectivity index (χ1) is 6.27. The van der Waals surface area contributed by atoms with E-state index >= 15 is 0 Å². The lowest BCUT2D eigenvalue weighted by molar-refractivity contribution is -0.911. The average molecular weight is 185 g/mol. The molecule has 1 saturated heterocycles. The Morgan fingerprint density at radius 1 is 1.46 bits per heavy atom. The van der Waals surface area contributed by atoms with Crippen molar-refractivity contribution in [2.75, 3.05) is 46.3 Å². The molecule has 0 atom stereocenters. The molecule has 1 heterocycles. The van der Waals surface area contributed by atoms with E-state index in [4.69, 9.17) is 0 Å². The SMILES string of the molecule is C[N+]1(CCCN[C]=O)CCNCC1. The molecule has 0 bridgehead atoms. The Labute approximate surface area is 79.9 Å². The zero-order valence-electron chi connectivity index (χ0n) is 8.31. The standard InChI is InChI=1S/C9H19N3O/c1-12(6-2-3-11-9-13)7-4-10-5-8-12/h10H,2-8H2,1H3,(H,11,13)/q+1. The van der Waals surface area contributed by atoms with Crippen LogP contribution in [0.1, 0.15) is 6.42 Å². The second kappa shape index (κ2) is 5.19.